The first-order valence-electron chi connectivity index (χ1n) is 5.66. The molecule has 1 amide bonds. The number of H-pyrrole nitrogens is 1. The van der Waals surface area contributed by atoms with E-state index < -0.39 is 0 Å². The topological polar surface area (TPSA) is 44.9 Å². The van der Waals surface area contributed by atoms with E-state index in [2.05, 4.69) is 10.3 Å². The van der Waals surface area contributed by atoms with Crippen LogP contribution in [0.5, 0.6) is 0 Å². The Kier molecular flexibility index (Phi) is 3.28. The third-order valence-corrected chi connectivity index (χ3v) is 2.61. The molecule has 1 aromatic heterocycles. The highest BCUT2D eigenvalue weighted by atomic mass is 16.1. The summed E-state index contributed by atoms with van der Waals surface area (Å²) in [5.74, 6) is -0.0417. The van der Waals surface area contributed by atoms with Gasteiger partial charge in [-0.3, -0.25) is 4.79 Å². The Morgan fingerprint density at radius 3 is 2.88 bits per heavy atom. The largest absolute Gasteiger partial charge is 0.360 e. The number of aromatic nitrogens is 1. The number of benzene rings is 1. The molecule has 3 nitrogen and oxygen atoms in total. The van der Waals surface area contributed by atoms with Gasteiger partial charge in [-0.2, -0.15) is 0 Å². The number of para-hydroxylation sites is 1. The summed E-state index contributed by atoms with van der Waals surface area (Å²) >= 11 is 0. The van der Waals surface area contributed by atoms with Gasteiger partial charge in [0.05, 0.1) is 5.56 Å². The molecular formula is C14H16N2O. The van der Waals surface area contributed by atoms with Gasteiger partial charge in [0.15, 0.2) is 0 Å². The smallest absolute Gasteiger partial charge is 0.253 e. The molecule has 0 bridgehead atoms. The lowest BCUT2D eigenvalue weighted by atomic mass is 10.1. The van der Waals surface area contributed by atoms with E-state index in [4.69, 9.17) is 0 Å². The average molecular weight is 228 g/mol. The molecule has 2 aromatic rings. The molecule has 0 aliphatic rings. The second kappa shape index (κ2) is 4.87. The Labute approximate surface area is 101 Å². The highest BCUT2D eigenvalue weighted by molar-refractivity contribution is 6.06. The van der Waals surface area contributed by atoms with Gasteiger partial charge in [-0.15, -0.1) is 0 Å². The monoisotopic (exact) mass is 228 g/mol. The van der Waals surface area contributed by atoms with Crippen molar-refractivity contribution in [3.63, 3.8) is 0 Å². The molecule has 3 heteroatoms. The number of carbonyl (C=O) groups excluding carboxylic acids is 1. The molecule has 0 fully saturated rings. The third-order valence-electron chi connectivity index (χ3n) is 2.61. The summed E-state index contributed by atoms with van der Waals surface area (Å²) in [6.07, 6.45) is 3.75. The van der Waals surface area contributed by atoms with Crippen LogP contribution in [0.4, 0.5) is 0 Å². The van der Waals surface area contributed by atoms with Crippen LogP contribution in [0, 0.1) is 0 Å². The van der Waals surface area contributed by atoms with Crippen molar-refractivity contribution in [2.45, 2.75) is 13.8 Å². The van der Waals surface area contributed by atoms with Gasteiger partial charge >= 0.3 is 0 Å². The number of allylic oxidation sites excluding steroid dienone is 1. The molecule has 2 rings (SSSR count). The fraction of sp³-hybridized carbons (Fsp3) is 0.214. The van der Waals surface area contributed by atoms with Crippen LogP contribution in [-0.2, 0) is 0 Å². The zero-order valence-electron chi connectivity index (χ0n) is 10.1. The second-order valence-corrected chi connectivity index (χ2v) is 4.24. The van der Waals surface area contributed by atoms with Crippen LogP contribution in [0.2, 0.25) is 0 Å². The summed E-state index contributed by atoms with van der Waals surface area (Å²) in [6, 6.07) is 7.79. The Morgan fingerprint density at radius 1 is 1.35 bits per heavy atom. The summed E-state index contributed by atoms with van der Waals surface area (Å²) in [6.45, 7) is 4.59. The van der Waals surface area contributed by atoms with E-state index >= 15 is 0 Å². The van der Waals surface area contributed by atoms with Crippen LogP contribution in [-0.4, -0.2) is 17.4 Å². The lowest BCUT2D eigenvalue weighted by molar-refractivity contribution is 0.0959. The van der Waals surface area contributed by atoms with Crippen molar-refractivity contribution >= 4 is 16.8 Å². The first-order valence-corrected chi connectivity index (χ1v) is 5.66. The van der Waals surface area contributed by atoms with Gasteiger partial charge < -0.3 is 10.3 Å². The predicted octanol–water partition coefficient (Wildman–Crippen LogP) is 2.86. The maximum atomic E-state index is 11.9. The minimum absolute atomic E-state index is 0.0417. The molecule has 1 heterocycles. The number of hydrogen-bond donors (Lipinski definition) is 2. The first kappa shape index (κ1) is 11.5. The number of hydrogen-bond acceptors (Lipinski definition) is 1. The van der Waals surface area contributed by atoms with Crippen LogP contribution >= 0.6 is 0 Å². The predicted molar refractivity (Wildman–Crippen MR) is 70.1 cm³/mol. The fourth-order valence-corrected chi connectivity index (χ4v) is 1.70. The third kappa shape index (κ3) is 2.56. The molecule has 0 unspecified atom stereocenters. The molecule has 88 valence electrons. The second-order valence-electron chi connectivity index (χ2n) is 4.24. The minimum atomic E-state index is -0.0417. The molecule has 0 aliphatic carbocycles. The van der Waals surface area contributed by atoms with Gasteiger partial charge in [0.25, 0.3) is 5.91 Å². The van der Waals surface area contributed by atoms with Gasteiger partial charge in [0.2, 0.25) is 0 Å². The van der Waals surface area contributed by atoms with E-state index in [1.165, 1.54) is 5.57 Å². The Bertz CT molecular complexity index is 562. The maximum absolute atomic E-state index is 11.9. The number of nitrogens with one attached hydrogen (secondary N) is 2. The first-order chi connectivity index (χ1) is 8.18. The summed E-state index contributed by atoms with van der Waals surface area (Å²) in [5, 5.41) is 3.83. The number of fused-ring (bicyclic) bond motifs is 1. The maximum Gasteiger partial charge on any atom is 0.253 e. The quantitative estimate of drug-likeness (QED) is 0.779. The van der Waals surface area contributed by atoms with Crippen LogP contribution in [0.25, 0.3) is 10.9 Å². The fourth-order valence-electron chi connectivity index (χ4n) is 1.70. The van der Waals surface area contributed by atoms with Gasteiger partial charge in [-0.05, 0) is 19.9 Å². The number of aromatic amines is 1. The highest BCUT2D eigenvalue weighted by Gasteiger charge is 2.09. The number of carbonyl (C=O) groups is 1. The number of rotatable bonds is 3. The van der Waals surface area contributed by atoms with Gasteiger partial charge in [0.1, 0.15) is 0 Å². The molecule has 0 saturated carbocycles. The van der Waals surface area contributed by atoms with E-state index in [0.29, 0.717) is 12.1 Å². The van der Waals surface area contributed by atoms with E-state index in [-0.39, 0.29) is 5.91 Å². The van der Waals surface area contributed by atoms with Crippen molar-refractivity contribution < 1.29 is 4.79 Å². The number of amides is 1. The molecule has 2 N–H and O–H groups in total. The molecular weight excluding hydrogens is 212 g/mol. The van der Waals surface area contributed by atoms with Crippen molar-refractivity contribution in [2.75, 3.05) is 6.54 Å². The summed E-state index contributed by atoms with van der Waals surface area (Å²) in [4.78, 5) is 15.0. The van der Waals surface area contributed by atoms with Crippen molar-refractivity contribution in [1.29, 1.82) is 0 Å². The Balaban J connectivity index is 2.17. The Hall–Kier alpha value is -2.03. The zero-order valence-corrected chi connectivity index (χ0v) is 10.1. The van der Waals surface area contributed by atoms with E-state index in [1.807, 2.05) is 44.2 Å². The van der Waals surface area contributed by atoms with Crippen LogP contribution in [0.1, 0.15) is 24.2 Å². The molecule has 0 atom stereocenters. The van der Waals surface area contributed by atoms with Gasteiger partial charge in [-0.25, -0.2) is 0 Å². The standard InChI is InChI=1S/C14H16N2O/c1-10(2)7-8-15-14(17)12-9-16-13-6-4-3-5-11(12)13/h3-7,9,16H,8H2,1-2H3,(H,15,17). The SMILES string of the molecule is CC(C)=CCNC(=O)c1c[nH]c2ccccc12. The average Bonchev–Trinajstić information content (AvgIpc) is 2.72. The summed E-state index contributed by atoms with van der Waals surface area (Å²) in [7, 11) is 0. The molecule has 0 aliphatic heterocycles. The normalized spacial score (nSPS) is 10.2. The summed E-state index contributed by atoms with van der Waals surface area (Å²) in [5.41, 5.74) is 2.88. The van der Waals surface area contributed by atoms with Crippen molar-refractivity contribution in [2.24, 2.45) is 0 Å². The van der Waals surface area contributed by atoms with Gasteiger partial charge in [0, 0.05) is 23.6 Å². The van der Waals surface area contributed by atoms with Crippen LogP contribution < -0.4 is 5.32 Å². The van der Waals surface area contributed by atoms with Crippen LogP contribution in [0.15, 0.2) is 42.1 Å². The van der Waals surface area contributed by atoms with E-state index in [1.54, 1.807) is 6.20 Å². The lowest BCUT2D eigenvalue weighted by Gasteiger charge is -2.01. The van der Waals surface area contributed by atoms with E-state index in [9.17, 15) is 4.79 Å². The van der Waals surface area contributed by atoms with E-state index in [0.717, 1.165) is 10.9 Å². The Morgan fingerprint density at radius 2 is 2.12 bits per heavy atom. The lowest BCUT2D eigenvalue weighted by Crippen LogP contribution is -2.23. The van der Waals surface area contributed by atoms with Crippen LogP contribution in [0.3, 0.4) is 0 Å². The van der Waals surface area contributed by atoms with Crippen molar-refractivity contribution in [1.82, 2.24) is 10.3 Å². The molecule has 0 saturated heterocycles. The van der Waals surface area contributed by atoms with Crippen molar-refractivity contribution in [3.8, 4) is 0 Å². The zero-order chi connectivity index (χ0) is 12.3. The minimum Gasteiger partial charge on any atom is -0.360 e. The molecule has 17 heavy (non-hydrogen) atoms. The molecule has 1 aromatic carbocycles. The van der Waals surface area contributed by atoms with Gasteiger partial charge in [-0.1, -0.05) is 29.8 Å². The molecule has 0 radical (unpaired) electrons. The summed E-state index contributed by atoms with van der Waals surface area (Å²) < 4.78 is 0. The highest BCUT2D eigenvalue weighted by Crippen LogP contribution is 2.17. The molecule has 0 spiro atoms. The van der Waals surface area contributed by atoms with Crippen molar-refractivity contribution in [3.05, 3.63) is 47.7 Å².